The Morgan fingerprint density at radius 1 is 1.33 bits per heavy atom. The van der Waals surface area contributed by atoms with E-state index in [4.69, 9.17) is 4.74 Å². The summed E-state index contributed by atoms with van der Waals surface area (Å²) in [6.07, 6.45) is 0.668. The summed E-state index contributed by atoms with van der Waals surface area (Å²) in [6.45, 7) is 0. The number of benzene rings is 1. The highest BCUT2D eigenvalue weighted by atomic mass is 16.7. The van der Waals surface area contributed by atoms with E-state index in [0.29, 0.717) is 5.75 Å². The van der Waals surface area contributed by atoms with Crippen molar-refractivity contribution in [3.63, 3.8) is 0 Å². The molecule has 0 heterocycles. The first kappa shape index (κ1) is 8.74. The molecule has 0 N–H and O–H groups in total. The lowest BCUT2D eigenvalue weighted by Crippen LogP contribution is -2.19. The largest absolute Gasteiger partial charge is 0.457 e. The van der Waals surface area contributed by atoms with Gasteiger partial charge in [-0.3, -0.25) is 4.79 Å². The summed E-state index contributed by atoms with van der Waals surface area (Å²) in [5.41, 5.74) is 0. The predicted octanol–water partition coefficient (Wildman–Crippen LogP) is 1.15. The highest BCUT2D eigenvalue weighted by molar-refractivity contribution is 5.55. The van der Waals surface area contributed by atoms with E-state index in [0.717, 1.165) is 0 Å². The monoisotopic (exact) mass is 165 g/mol. The summed E-state index contributed by atoms with van der Waals surface area (Å²) >= 11 is 0. The highest BCUT2D eigenvalue weighted by Gasteiger charge is 2.06. The molecule has 0 spiro atoms. The molecule has 1 atom stereocenters. The van der Waals surface area contributed by atoms with Gasteiger partial charge in [-0.05, 0) is 12.1 Å². The van der Waals surface area contributed by atoms with Crippen molar-refractivity contribution in [1.82, 2.24) is 0 Å². The molecule has 0 fully saturated rings. The van der Waals surface area contributed by atoms with E-state index in [1.807, 2.05) is 18.2 Å². The van der Waals surface area contributed by atoms with Gasteiger partial charge in [0.1, 0.15) is 5.75 Å². The average molecular weight is 165 g/mol. The lowest BCUT2D eigenvalue weighted by molar-refractivity contribution is -0.00168. The van der Waals surface area contributed by atoms with Crippen LogP contribution in [0.25, 0.3) is 0 Å². The predicted molar refractivity (Wildman–Crippen MR) is 43.6 cm³/mol. The molecule has 0 aliphatic rings. The maximum atomic E-state index is 10.2. The molecular weight excluding hydrogens is 156 g/mol. The first-order valence-electron chi connectivity index (χ1n) is 3.49. The Kier molecular flexibility index (Phi) is 3.29. The summed E-state index contributed by atoms with van der Waals surface area (Å²) in [6, 6.07) is 8.96. The van der Waals surface area contributed by atoms with Crippen LogP contribution in [0.3, 0.4) is 0 Å². The van der Waals surface area contributed by atoms with Gasteiger partial charge in [0, 0.05) is 7.11 Å². The van der Waals surface area contributed by atoms with Crippen molar-refractivity contribution in [2.75, 3.05) is 7.11 Å². The Labute approximate surface area is 70.9 Å². The van der Waals surface area contributed by atoms with Crippen molar-refractivity contribution in [3.8, 4) is 5.75 Å². The average Bonchev–Trinajstić information content (AvgIpc) is 2.16. The van der Waals surface area contributed by atoms with Crippen LogP contribution in [0.4, 0.5) is 0 Å². The molecule has 0 aromatic heterocycles. The highest BCUT2D eigenvalue weighted by Crippen LogP contribution is 2.09. The van der Waals surface area contributed by atoms with Gasteiger partial charge >= 0.3 is 0 Å². The first-order chi connectivity index (χ1) is 5.86. The number of methoxy groups -OCH3 is 1. The van der Waals surface area contributed by atoms with Crippen LogP contribution in [0.1, 0.15) is 0 Å². The van der Waals surface area contributed by atoms with E-state index in [1.54, 1.807) is 18.4 Å². The number of hydrogen-bond acceptors (Lipinski definition) is 3. The SMILES string of the molecule is COC([C]=O)Oc1ccccc1. The van der Waals surface area contributed by atoms with Gasteiger partial charge in [0.05, 0.1) is 0 Å². The zero-order chi connectivity index (χ0) is 8.81. The summed E-state index contributed by atoms with van der Waals surface area (Å²) in [5, 5.41) is 0. The molecule has 0 aliphatic heterocycles. The molecule has 1 rings (SSSR count). The van der Waals surface area contributed by atoms with Gasteiger partial charge in [-0.25, -0.2) is 0 Å². The Balaban J connectivity index is 2.56. The van der Waals surface area contributed by atoms with Gasteiger partial charge in [-0.15, -0.1) is 0 Å². The Morgan fingerprint density at radius 3 is 2.50 bits per heavy atom. The van der Waals surface area contributed by atoms with Crippen LogP contribution < -0.4 is 4.74 Å². The van der Waals surface area contributed by atoms with E-state index in [9.17, 15) is 4.79 Å². The maximum Gasteiger partial charge on any atom is 0.273 e. The van der Waals surface area contributed by atoms with E-state index >= 15 is 0 Å². The third-order valence-corrected chi connectivity index (χ3v) is 1.30. The van der Waals surface area contributed by atoms with Crippen LogP contribution in [0.15, 0.2) is 30.3 Å². The molecular formula is C9H9O3. The van der Waals surface area contributed by atoms with Crippen LogP contribution in [0.2, 0.25) is 0 Å². The molecule has 1 aromatic rings. The molecule has 3 nitrogen and oxygen atoms in total. The van der Waals surface area contributed by atoms with Crippen molar-refractivity contribution in [2.45, 2.75) is 6.29 Å². The van der Waals surface area contributed by atoms with E-state index in [2.05, 4.69) is 4.74 Å². The maximum absolute atomic E-state index is 10.2. The molecule has 0 bridgehead atoms. The summed E-state index contributed by atoms with van der Waals surface area (Å²) in [5.74, 6) is 0.590. The van der Waals surface area contributed by atoms with Crippen molar-refractivity contribution in [2.24, 2.45) is 0 Å². The zero-order valence-electron chi connectivity index (χ0n) is 6.69. The molecule has 3 heteroatoms. The second-order valence-corrected chi connectivity index (χ2v) is 2.12. The molecule has 63 valence electrons. The molecule has 1 radical (unpaired) electrons. The Hall–Kier alpha value is -1.35. The van der Waals surface area contributed by atoms with E-state index < -0.39 is 6.29 Å². The lowest BCUT2D eigenvalue weighted by Gasteiger charge is -2.09. The Bertz CT molecular complexity index is 233. The zero-order valence-corrected chi connectivity index (χ0v) is 6.69. The molecule has 0 saturated heterocycles. The third kappa shape index (κ3) is 2.36. The number of ether oxygens (including phenoxy) is 2. The minimum atomic E-state index is -0.938. The van der Waals surface area contributed by atoms with Crippen LogP contribution in [-0.4, -0.2) is 19.7 Å². The normalized spacial score (nSPS) is 12.1. The number of carbonyl (C=O) groups excluding carboxylic acids is 1. The number of para-hydroxylation sites is 1. The van der Waals surface area contributed by atoms with Gasteiger partial charge in [-0.1, -0.05) is 18.2 Å². The smallest absolute Gasteiger partial charge is 0.273 e. The fraction of sp³-hybridized carbons (Fsp3) is 0.222. The van der Waals surface area contributed by atoms with E-state index in [1.165, 1.54) is 7.11 Å². The van der Waals surface area contributed by atoms with E-state index in [-0.39, 0.29) is 0 Å². The van der Waals surface area contributed by atoms with Gasteiger partial charge in [0.15, 0.2) is 0 Å². The number of rotatable bonds is 4. The molecule has 0 saturated carbocycles. The van der Waals surface area contributed by atoms with Crippen molar-refractivity contribution < 1.29 is 14.3 Å². The van der Waals surface area contributed by atoms with Crippen molar-refractivity contribution >= 4 is 6.29 Å². The first-order valence-corrected chi connectivity index (χ1v) is 3.49. The van der Waals surface area contributed by atoms with Crippen molar-refractivity contribution in [3.05, 3.63) is 30.3 Å². The van der Waals surface area contributed by atoms with Gasteiger partial charge in [-0.2, -0.15) is 0 Å². The van der Waals surface area contributed by atoms with Crippen molar-refractivity contribution in [1.29, 1.82) is 0 Å². The minimum absolute atomic E-state index is 0.590. The van der Waals surface area contributed by atoms with Crippen LogP contribution in [-0.2, 0) is 9.53 Å². The minimum Gasteiger partial charge on any atom is -0.457 e. The van der Waals surface area contributed by atoms with Crippen LogP contribution >= 0.6 is 0 Å². The summed E-state index contributed by atoms with van der Waals surface area (Å²) < 4.78 is 9.72. The second-order valence-electron chi connectivity index (χ2n) is 2.12. The summed E-state index contributed by atoms with van der Waals surface area (Å²) in [7, 11) is 1.39. The Morgan fingerprint density at radius 2 is 2.00 bits per heavy atom. The van der Waals surface area contributed by atoms with Crippen LogP contribution in [0.5, 0.6) is 5.75 Å². The topological polar surface area (TPSA) is 35.5 Å². The molecule has 12 heavy (non-hydrogen) atoms. The third-order valence-electron chi connectivity index (χ3n) is 1.30. The second kappa shape index (κ2) is 4.51. The quantitative estimate of drug-likeness (QED) is 0.628. The molecule has 1 aromatic carbocycles. The summed E-state index contributed by atoms with van der Waals surface area (Å²) in [4.78, 5) is 10.2. The molecule has 1 unspecified atom stereocenters. The number of hydrogen-bond donors (Lipinski definition) is 0. The lowest BCUT2D eigenvalue weighted by atomic mass is 10.3. The fourth-order valence-electron chi connectivity index (χ4n) is 0.743. The van der Waals surface area contributed by atoms with Crippen LogP contribution in [0, 0.1) is 0 Å². The fourth-order valence-corrected chi connectivity index (χ4v) is 0.743. The molecule has 0 aliphatic carbocycles. The van der Waals surface area contributed by atoms with Gasteiger partial charge in [0.2, 0.25) is 0 Å². The molecule has 0 amide bonds. The standard InChI is InChI=1S/C9H9O3/c1-11-9(7-10)12-8-5-3-2-4-6-8/h2-6,9H,1H3. The van der Waals surface area contributed by atoms with Gasteiger partial charge in [0.25, 0.3) is 12.6 Å². The van der Waals surface area contributed by atoms with Gasteiger partial charge < -0.3 is 9.47 Å².